The van der Waals surface area contributed by atoms with E-state index in [1.54, 1.807) is 18.3 Å². The van der Waals surface area contributed by atoms with Crippen LogP contribution in [0.5, 0.6) is 0 Å². The van der Waals surface area contributed by atoms with Gasteiger partial charge in [-0.25, -0.2) is 4.98 Å². The number of hydrogen-bond donors (Lipinski definition) is 1. The number of fused-ring (bicyclic) bond motifs is 1. The van der Waals surface area contributed by atoms with Crippen molar-refractivity contribution in [3.8, 4) is 0 Å². The molecule has 0 fully saturated rings. The molecule has 0 atom stereocenters. The van der Waals surface area contributed by atoms with Gasteiger partial charge in [-0.1, -0.05) is 30.3 Å². The lowest BCUT2D eigenvalue weighted by molar-refractivity contribution is 0.102. The van der Waals surface area contributed by atoms with Gasteiger partial charge < -0.3 is 5.32 Å². The minimum absolute atomic E-state index is 0.229. The number of amides is 1. The molecule has 1 aromatic heterocycles. The number of benzene rings is 2. The third kappa shape index (κ3) is 2.56. The smallest absolute Gasteiger partial charge is 0.275 e. The Morgan fingerprint density at radius 1 is 1.00 bits per heavy atom. The summed E-state index contributed by atoms with van der Waals surface area (Å²) in [4.78, 5) is 16.2. The lowest BCUT2D eigenvalue weighted by Crippen LogP contribution is -2.14. The monoisotopic (exact) mass is 326 g/mol. The van der Waals surface area contributed by atoms with Crippen molar-refractivity contribution in [2.24, 2.45) is 0 Å². The number of pyridine rings is 1. The summed E-state index contributed by atoms with van der Waals surface area (Å²) in [6.07, 6.45) is 1.60. The van der Waals surface area contributed by atoms with Crippen LogP contribution in [0.4, 0.5) is 5.69 Å². The number of hydrogen-bond acceptors (Lipinski definition) is 2. The highest BCUT2D eigenvalue weighted by atomic mass is 79.9. The zero-order chi connectivity index (χ0) is 13.9. The number of halogens is 1. The molecule has 0 spiro atoms. The fraction of sp³-hybridized carbons (Fsp3) is 0. The van der Waals surface area contributed by atoms with E-state index >= 15 is 0 Å². The lowest BCUT2D eigenvalue weighted by atomic mass is 10.1. The summed E-state index contributed by atoms with van der Waals surface area (Å²) in [5.74, 6) is -0.229. The predicted octanol–water partition coefficient (Wildman–Crippen LogP) is 4.25. The van der Waals surface area contributed by atoms with Crippen molar-refractivity contribution < 1.29 is 4.79 Å². The Bertz CT molecular complexity index is 786. The van der Waals surface area contributed by atoms with Crippen molar-refractivity contribution in [2.45, 2.75) is 0 Å². The molecule has 1 N–H and O–H groups in total. The highest BCUT2D eigenvalue weighted by molar-refractivity contribution is 9.10. The van der Waals surface area contributed by atoms with Crippen molar-refractivity contribution >= 4 is 38.3 Å². The van der Waals surface area contributed by atoms with Crippen molar-refractivity contribution in [1.82, 2.24) is 4.98 Å². The second kappa shape index (κ2) is 5.43. The van der Waals surface area contributed by atoms with Gasteiger partial charge >= 0.3 is 0 Å². The molecule has 4 heteroatoms. The molecule has 2 aromatic carbocycles. The molecule has 0 aliphatic heterocycles. The van der Waals surface area contributed by atoms with Gasteiger partial charge in [-0.2, -0.15) is 0 Å². The van der Waals surface area contributed by atoms with Crippen molar-refractivity contribution in [1.29, 1.82) is 0 Å². The second-order valence-electron chi connectivity index (χ2n) is 4.35. The molecule has 0 aliphatic rings. The molecule has 1 amide bonds. The molecular formula is C16H11BrN2O. The maximum Gasteiger partial charge on any atom is 0.275 e. The Balaban J connectivity index is 1.89. The van der Waals surface area contributed by atoms with Gasteiger partial charge in [0.1, 0.15) is 5.69 Å². The zero-order valence-corrected chi connectivity index (χ0v) is 12.1. The first-order valence-corrected chi connectivity index (χ1v) is 6.94. The molecule has 0 radical (unpaired) electrons. The summed E-state index contributed by atoms with van der Waals surface area (Å²) in [6.45, 7) is 0. The highest BCUT2D eigenvalue weighted by Crippen LogP contribution is 2.20. The van der Waals surface area contributed by atoms with E-state index in [9.17, 15) is 4.79 Å². The Kier molecular flexibility index (Phi) is 3.48. The van der Waals surface area contributed by atoms with Crippen LogP contribution in [0.25, 0.3) is 10.8 Å². The molecule has 0 aliphatic carbocycles. The van der Waals surface area contributed by atoms with Gasteiger partial charge in [0.25, 0.3) is 5.91 Å². The molecule has 1 heterocycles. The summed E-state index contributed by atoms with van der Waals surface area (Å²) in [5.41, 5.74) is 1.13. The van der Waals surface area contributed by atoms with E-state index in [0.717, 1.165) is 16.5 Å². The van der Waals surface area contributed by atoms with Crippen molar-refractivity contribution in [3.05, 3.63) is 71.0 Å². The van der Waals surface area contributed by atoms with Crippen LogP contribution in [0.15, 0.2) is 65.3 Å². The van der Waals surface area contributed by atoms with Crippen LogP contribution in [0, 0.1) is 0 Å². The highest BCUT2D eigenvalue weighted by Gasteiger charge is 2.11. The minimum Gasteiger partial charge on any atom is -0.321 e. The van der Waals surface area contributed by atoms with Crippen molar-refractivity contribution in [2.75, 3.05) is 5.32 Å². The Morgan fingerprint density at radius 3 is 2.60 bits per heavy atom. The van der Waals surface area contributed by atoms with E-state index in [1.165, 1.54) is 0 Å². The number of anilines is 1. The number of carbonyl (C=O) groups excluding carboxylic acids is 1. The maximum absolute atomic E-state index is 12.2. The Labute approximate surface area is 124 Å². The van der Waals surface area contributed by atoms with Crippen LogP contribution in [-0.4, -0.2) is 10.9 Å². The summed E-state index contributed by atoms with van der Waals surface area (Å²) in [5, 5.41) is 5.09. The zero-order valence-electron chi connectivity index (χ0n) is 10.5. The summed E-state index contributed by atoms with van der Waals surface area (Å²) < 4.78 is 0.679. The Hall–Kier alpha value is -2.20. The largest absolute Gasteiger partial charge is 0.321 e. The molecule has 0 saturated carbocycles. The Morgan fingerprint density at radius 2 is 1.80 bits per heavy atom. The van der Waals surface area contributed by atoms with E-state index < -0.39 is 0 Å². The number of aromatic nitrogens is 1. The predicted molar refractivity (Wildman–Crippen MR) is 83.8 cm³/mol. The first-order valence-electron chi connectivity index (χ1n) is 6.15. The SMILES string of the molecule is O=C(Nc1ccc2ccccc2c1)c1ncccc1Br. The van der Waals surface area contributed by atoms with Gasteiger partial charge in [0.15, 0.2) is 0 Å². The van der Waals surface area contributed by atoms with Gasteiger partial charge in [-0.3, -0.25) is 4.79 Å². The quantitative estimate of drug-likeness (QED) is 0.764. The summed E-state index contributed by atoms with van der Waals surface area (Å²) in [6, 6.07) is 17.4. The first-order chi connectivity index (χ1) is 9.74. The molecular weight excluding hydrogens is 316 g/mol. The normalized spacial score (nSPS) is 10.4. The van der Waals surface area contributed by atoms with E-state index in [0.29, 0.717) is 10.2 Å². The minimum atomic E-state index is -0.229. The van der Waals surface area contributed by atoms with Gasteiger partial charge in [0, 0.05) is 16.4 Å². The van der Waals surface area contributed by atoms with Crippen molar-refractivity contribution in [3.63, 3.8) is 0 Å². The van der Waals surface area contributed by atoms with Gasteiger partial charge in [0.2, 0.25) is 0 Å². The second-order valence-corrected chi connectivity index (χ2v) is 5.20. The summed E-state index contributed by atoms with van der Waals surface area (Å²) in [7, 11) is 0. The topological polar surface area (TPSA) is 42.0 Å². The number of nitrogens with zero attached hydrogens (tertiary/aromatic N) is 1. The molecule has 3 aromatic rings. The van der Waals surface area contributed by atoms with E-state index in [-0.39, 0.29) is 5.91 Å². The van der Waals surface area contributed by atoms with Gasteiger partial charge in [-0.15, -0.1) is 0 Å². The van der Waals surface area contributed by atoms with Crippen LogP contribution in [-0.2, 0) is 0 Å². The number of rotatable bonds is 2. The molecule has 0 bridgehead atoms. The summed E-state index contributed by atoms with van der Waals surface area (Å²) >= 11 is 3.33. The first kappa shape index (κ1) is 12.8. The van der Waals surface area contributed by atoms with Crippen LogP contribution in [0.1, 0.15) is 10.5 Å². The van der Waals surface area contributed by atoms with E-state index in [2.05, 4.69) is 26.2 Å². The molecule has 0 saturated heterocycles. The third-order valence-corrected chi connectivity index (χ3v) is 3.62. The molecule has 20 heavy (non-hydrogen) atoms. The van der Waals surface area contributed by atoms with E-state index in [4.69, 9.17) is 0 Å². The maximum atomic E-state index is 12.2. The molecule has 0 unspecified atom stereocenters. The van der Waals surface area contributed by atoms with Crippen LogP contribution < -0.4 is 5.32 Å². The average molecular weight is 327 g/mol. The number of nitrogens with one attached hydrogen (secondary N) is 1. The standard InChI is InChI=1S/C16H11BrN2O/c17-14-6-3-9-18-15(14)16(20)19-13-8-7-11-4-1-2-5-12(11)10-13/h1-10H,(H,19,20). The fourth-order valence-electron chi connectivity index (χ4n) is 2.01. The third-order valence-electron chi connectivity index (χ3n) is 2.98. The average Bonchev–Trinajstić information content (AvgIpc) is 2.47. The molecule has 98 valence electrons. The van der Waals surface area contributed by atoms with Gasteiger partial charge in [0.05, 0.1) is 0 Å². The van der Waals surface area contributed by atoms with Crippen LogP contribution >= 0.6 is 15.9 Å². The lowest BCUT2D eigenvalue weighted by Gasteiger charge is -2.07. The fourth-order valence-corrected chi connectivity index (χ4v) is 2.45. The van der Waals surface area contributed by atoms with Gasteiger partial charge in [-0.05, 0) is 51.0 Å². The molecule has 3 rings (SSSR count). The number of carbonyl (C=O) groups is 1. The van der Waals surface area contributed by atoms with Crippen LogP contribution in [0.3, 0.4) is 0 Å². The van der Waals surface area contributed by atoms with E-state index in [1.807, 2.05) is 42.5 Å². The van der Waals surface area contributed by atoms with Crippen LogP contribution in [0.2, 0.25) is 0 Å². The molecule has 3 nitrogen and oxygen atoms in total.